The van der Waals surface area contributed by atoms with E-state index in [1.54, 1.807) is 12.4 Å². The molecule has 0 spiro atoms. The summed E-state index contributed by atoms with van der Waals surface area (Å²) >= 11 is 0. The number of aromatic nitrogens is 2. The Balaban J connectivity index is 1.69. The van der Waals surface area contributed by atoms with E-state index in [1.807, 2.05) is 24.3 Å². The molecule has 1 aromatic carbocycles. The van der Waals surface area contributed by atoms with E-state index in [1.165, 1.54) is 13.3 Å². The third kappa shape index (κ3) is 3.21. The van der Waals surface area contributed by atoms with Gasteiger partial charge in [-0.2, -0.15) is 0 Å². The first-order valence-electron chi connectivity index (χ1n) is 7.48. The van der Waals surface area contributed by atoms with E-state index >= 15 is 0 Å². The molecule has 118 valence electrons. The molecular weight excluding hydrogens is 292 g/mol. The van der Waals surface area contributed by atoms with E-state index in [4.69, 9.17) is 10.1 Å². The smallest absolute Gasteiger partial charge is 0.308 e. The molecule has 0 amide bonds. The van der Waals surface area contributed by atoms with Crippen LogP contribution in [0.1, 0.15) is 18.5 Å². The highest BCUT2D eigenvalue weighted by molar-refractivity contribution is 6.07. The number of rotatable bonds is 5. The van der Waals surface area contributed by atoms with Gasteiger partial charge in [0.05, 0.1) is 36.0 Å². The monoisotopic (exact) mass is 310 g/mol. The van der Waals surface area contributed by atoms with Gasteiger partial charge in [0.2, 0.25) is 0 Å². The van der Waals surface area contributed by atoms with Crippen LogP contribution in [0.3, 0.4) is 0 Å². The molecule has 1 aromatic heterocycles. The average Bonchev–Trinajstić information content (AvgIpc) is 2.56. The largest absolute Gasteiger partial charge is 0.469 e. The van der Waals surface area contributed by atoms with E-state index in [2.05, 4.69) is 15.3 Å². The maximum Gasteiger partial charge on any atom is 0.308 e. The third-order valence-electron chi connectivity index (χ3n) is 4.05. The van der Waals surface area contributed by atoms with Crippen LogP contribution < -0.4 is 5.32 Å². The average molecular weight is 310 g/mol. The molecule has 1 heterocycles. The molecule has 1 fully saturated rings. The SMILES string of the molecule is COC(=O)C1CC(N/C=C(\C=N)c2cnc3ccccc3n2)C1. The maximum atomic E-state index is 11.4. The number of carbonyl (C=O) groups excluding carboxylic acids is 1. The molecule has 1 aliphatic rings. The van der Waals surface area contributed by atoms with Crippen LogP contribution in [0.25, 0.3) is 16.6 Å². The molecule has 0 unspecified atom stereocenters. The van der Waals surface area contributed by atoms with Gasteiger partial charge >= 0.3 is 5.97 Å². The van der Waals surface area contributed by atoms with Crippen molar-refractivity contribution < 1.29 is 9.53 Å². The first-order valence-corrected chi connectivity index (χ1v) is 7.48. The summed E-state index contributed by atoms with van der Waals surface area (Å²) in [6.45, 7) is 0. The Labute approximate surface area is 134 Å². The lowest BCUT2D eigenvalue weighted by molar-refractivity contribution is -0.149. The zero-order valence-electron chi connectivity index (χ0n) is 12.8. The number of para-hydroxylation sites is 2. The third-order valence-corrected chi connectivity index (χ3v) is 4.05. The van der Waals surface area contributed by atoms with Gasteiger partial charge in [0, 0.05) is 24.0 Å². The lowest BCUT2D eigenvalue weighted by atomic mass is 9.80. The normalized spacial score (nSPS) is 20.7. The van der Waals surface area contributed by atoms with E-state index in [0.717, 1.165) is 23.9 Å². The highest BCUT2D eigenvalue weighted by atomic mass is 16.5. The number of ether oxygens (including phenoxy) is 1. The van der Waals surface area contributed by atoms with Crippen molar-refractivity contribution in [2.45, 2.75) is 18.9 Å². The van der Waals surface area contributed by atoms with Crippen LogP contribution in [0.4, 0.5) is 0 Å². The molecule has 2 aromatic rings. The molecule has 1 saturated carbocycles. The topological polar surface area (TPSA) is 88.0 Å². The summed E-state index contributed by atoms with van der Waals surface area (Å²) in [5.74, 6) is -0.172. The number of carbonyl (C=O) groups is 1. The van der Waals surface area contributed by atoms with Crippen LogP contribution in [0.5, 0.6) is 0 Å². The van der Waals surface area contributed by atoms with Gasteiger partial charge in [0.25, 0.3) is 0 Å². The van der Waals surface area contributed by atoms with Crippen molar-refractivity contribution in [3.63, 3.8) is 0 Å². The molecule has 3 rings (SSSR count). The number of nitrogens with zero attached hydrogens (tertiary/aromatic N) is 2. The van der Waals surface area contributed by atoms with Gasteiger partial charge in [-0.15, -0.1) is 0 Å². The van der Waals surface area contributed by atoms with Crippen LogP contribution in [0.2, 0.25) is 0 Å². The number of nitrogens with one attached hydrogen (secondary N) is 2. The van der Waals surface area contributed by atoms with Crippen LogP contribution in [-0.4, -0.2) is 35.3 Å². The second kappa shape index (κ2) is 6.56. The molecule has 6 nitrogen and oxygen atoms in total. The van der Waals surface area contributed by atoms with Crippen molar-refractivity contribution >= 4 is 28.8 Å². The Bertz CT molecular complexity index is 766. The molecule has 0 atom stereocenters. The second-order valence-electron chi connectivity index (χ2n) is 5.54. The van der Waals surface area contributed by atoms with E-state index < -0.39 is 0 Å². The minimum absolute atomic E-state index is 0.0187. The number of methoxy groups -OCH3 is 1. The van der Waals surface area contributed by atoms with Gasteiger partial charge in [0.15, 0.2) is 0 Å². The van der Waals surface area contributed by atoms with Crippen molar-refractivity contribution in [2.75, 3.05) is 7.11 Å². The Hall–Kier alpha value is -2.76. The van der Waals surface area contributed by atoms with Crippen molar-refractivity contribution in [1.82, 2.24) is 15.3 Å². The molecule has 6 heteroatoms. The van der Waals surface area contributed by atoms with Crippen molar-refractivity contribution in [2.24, 2.45) is 5.92 Å². The first kappa shape index (κ1) is 15.1. The number of benzene rings is 1. The first-order chi connectivity index (χ1) is 11.2. The van der Waals surface area contributed by atoms with E-state index in [9.17, 15) is 4.79 Å². The Morgan fingerprint density at radius 2 is 2.09 bits per heavy atom. The zero-order chi connectivity index (χ0) is 16.2. The van der Waals surface area contributed by atoms with E-state index in [0.29, 0.717) is 11.3 Å². The van der Waals surface area contributed by atoms with Crippen molar-refractivity contribution in [3.05, 3.63) is 42.4 Å². The van der Waals surface area contributed by atoms with Gasteiger partial charge < -0.3 is 15.5 Å². The maximum absolute atomic E-state index is 11.4. The molecule has 0 aliphatic heterocycles. The number of hydrogen-bond acceptors (Lipinski definition) is 6. The van der Waals surface area contributed by atoms with E-state index in [-0.39, 0.29) is 17.9 Å². The van der Waals surface area contributed by atoms with Gasteiger partial charge in [-0.3, -0.25) is 9.78 Å². The minimum atomic E-state index is -0.153. The summed E-state index contributed by atoms with van der Waals surface area (Å²) in [6.07, 6.45) is 6.18. The number of allylic oxidation sites excluding steroid dienone is 1. The summed E-state index contributed by atoms with van der Waals surface area (Å²) < 4.78 is 4.72. The predicted octanol–water partition coefficient (Wildman–Crippen LogP) is 2.16. The lowest BCUT2D eigenvalue weighted by Crippen LogP contribution is -2.42. The van der Waals surface area contributed by atoms with Crippen LogP contribution in [0, 0.1) is 11.3 Å². The fourth-order valence-corrected chi connectivity index (χ4v) is 2.61. The Morgan fingerprint density at radius 3 is 2.78 bits per heavy atom. The van der Waals surface area contributed by atoms with Gasteiger partial charge in [-0.05, 0) is 25.0 Å². The van der Waals surface area contributed by atoms with Crippen LogP contribution in [-0.2, 0) is 9.53 Å². The molecular formula is C17H18N4O2. The molecule has 23 heavy (non-hydrogen) atoms. The lowest BCUT2D eigenvalue weighted by Gasteiger charge is -2.33. The second-order valence-corrected chi connectivity index (χ2v) is 5.54. The van der Waals surface area contributed by atoms with Crippen LogP contribution in [0.15, 0.2) is 36.7 Å². The summed E-state index contributed by atoms with van der Waals surface area (Å²) in [7, 11) is 1.41. The van der Waals surface area contributed by atoms with Crippen molar-refractivity contribution in [1.29, 1.82) is 5.41 Å². The van der Waals surface area contributed by atoms with Gasteiger partial charge in [-0.1, -0.05) is 12.1 Å². The number of esters is 1. The minimum Gasteiger partial charge on any atom is -0.469 e. The molecule has 0 radical (unpaired) electrons. The molecule has 1 aliphatic carbocycles. The molecule has 0 saturated heterocycles. The van der Waals surface area contributed by atoms with Gasteiger partial charge in [-0.25, -0.2) is 4.98 Å². The highest BCUT2D eigenvalue weighted by Crippen LogP contribution is 2.28. The number of fused-ring (bicyclic) bond motifs is 1. The summed E-state index contributed by atoms with van der Waals surface area (Å²) in [5, 5.41) is 10.8. The fourth-order valence-electron chi connectivity index (χ4n) is 2.61. The van der Waals surface area contributed by atoms with Crippen LogP contribution >= 0.6 is 0 Å². The standard InChI is InChI=1S/C17H18N4O2/c1-23-17(22)11-6-13(7-11)19-9-12(8-18)16-10-20-14-4-2-3-5-15(14)21-16/h2-5,8-11,13,18-19H,6-7H2,1H3/b12-9+,18-8?. The fraction of sp³-hybridized carbons (Fsp3) is 0.294. The van der Waals surface area contributed by atoms with Gasteiger partial charge in [0.1, 0.15) is 0 Å². The van der Waals surface area contributed by atoms with Crippen molar-refractivity contribution in [3.8, 4) is 0 Å². The molecule has 2 N–H and O–H groups in total. The Kier molecular flexibility index (Phi) is 4.32. The highest BCUT2D eigenvalue weighted by Gasteiger charge is 2.34. The molecule has 0 bridgehead atoms. The quantitative estimate of drug-likeness (QED) is 0.652. The summed E-state index contributed by atoms with van der Waals surface area (Å²) in [4.78, 5) is 20.3. The number of hydrogen-bond donors (Lipinski definition) is 2. The zero-order valence-corrected chi connectivity index (χ0v) is 12.8. The summed E-state index contributed by atoms with van der Waals surface area (Å²) in [6, 6.07) is 7.85. The Morgan fingerprint density at radius 1 is 1.35 bits per heavy atom. The summed E-state index contributed by atoms with van der Waals surface area (Å²) in [5.41, 5.74) is 2.93. The predicted molar refractivity (Wildman–Crippen MR) is 88.0 cm³/mol.